The SMILES string of the molecule is Cc1cc(C)n(-c2ccc(Cl)c(C(=O)NCCS(=O)(=O)c3ccccc3)n2)n1. The number of sulfone groups is 1. The number of rotatable bonds is 6. The van der Waals surface area contributed by atoms with Crippen LogP contribution in [0.5, 0.6) is 0 Å². The van der Waals surface area contributed by atoms with Crippen molar-refractivity contribution in [3.8, 4) is 5.82 Å². The van der Waals surface area contributed by atoms with Gasteiger partial charge in [0.25, 0.3) is 5.91 Å². The van der Waals surface area contributed by atoms with Crippen LogP contribution >= 0.6 is 11.6 Å². The number of carbonyl (C=O) groups excluding carboxylic acids is 1. The van der Waals surface area contributed by atoms with Crippen LogP contribution in [0.2, 0.25) is 5.02 Å². The Labute approximate surface area is 168 Å². The number of nitrogens with zero attached hydrogens (tertiary/aromatic N) is 3. The van der Waals surface area contributed by atoms with Crippen molar-refractivity contribution in [1.82, 2.24) is 20.1 Å². The van der Waals surface area contributed by atoms with Gasteiger partial charge < -0.3 is 5.32 Å². The third-order valence-electron chi connectivity index (χ3n) is 4.03. The molecule has 0 unspecified atom stereocenters. The van der Waals surface area contributed by atoms with E-state index in [9.17, 15) is 13.2 Å². The summed E-state index contributed by atoms with van der Waals surface area (Å²) in [5.74, 6) is -0.314. The number of hydrogen-bond donors (Lipinski definition) is 1. The summed E-state index contributed by atoms with van der Waals surface area (Å²) in [7, 11) is -3.48. The Kier molecular flexibility index (Phi) is 5.81. The smallest absolute Gasteiger partial charge is 0.271 e. The molecule has 0 saturated heterocycles. The molecular weight excluding hydrogens is 400 g/mol. The Balaban J connectivity index is 1.72. The molecule has 2 aromatic heterocycles. The van der Waals surface area contributed by atoms with Gasteiger partial charge in [0.15, 0.2) is 15.7 Å². The molecule has 0 radical (unpaired) electrons. The minimum atomic E-state index is -3.48. The van der Waals surface area contributed by atoms with Gasteiger partial charge >= 0.3 is 0 Å². The van der Waals surface area contributed by atoms with Crippen LogP contribution in [-0.2, 0) is 9.84 Å². The van der Waals surface area contributed by atoms with Crippen LogP contribution in [0.3, 0.4) is 0 Å². The van der Waals surface area contributed by atoms with Gasteiger partial charge in [0.2, 0.25) is 0 Å². The van der Waals surface area contributed by atoms with Crippen LogP contribution in [-0.4, -0.2) is 41.4 Å². The standard InChI is InChI=1S/C19H19ClN4O3S/c1-13-12-14(2)24(23-13)17-9-8-16(20)18(22-17)19(25)21-10-11-28(26,27)15-6-4-3-5-7-15/h3-9,12H,10-11H2,1-2H3,(H,21,25). The molecule has 0 fully saturated rings. The first-order valence-corrected chi connectivity index (χ1v) is 10.6. The van der Waals surface area contributed by atoms with Crippen molar-refractivity contribution in [2.45, 2.75) is 18.7 Å². The van der Waals surface area contributed by atoms with Crippen molar-refractivity contribution in [3.63, 3.8) is 0 Å². The van der Waals surface area contributed by atoms with Crippen molar-refractivity contribution in [1.29, 1.82) is 0 Å². The number of hydrogen-bond acceptors (Lipinski definition) is 5. The van der Waals surface area contributed by atoms with E-state index in [4.69, 9.17) is 11.6 Å². The molecule has 0 spiro atoms. The fourth-order valence-electron chi connectivity index (χ4n) is 2.70. The second kappa shape index (κ2) is 8.12. The summed E-state index contributed by atoms with van der Waals surface area (Å²) >= 11 is 6.12. The molecule has 0 saturated carbocycles. The molecule has 0 aliphatic rings. The van der Waals surface area contributed by atoms with E-state index in [-0.39, 0.29) is 27.9 Å². The molecule has 3 rings (SSSR count). The van der Waals surface area contributed by atoms with E-state index in [1.54, 1.807) is 35.0 Å². The molecule has 146 valence electrons. The largest absolute Gasteiger partial charge is 0.350 e. The second-order valence-electron chi connectivity index (χ2n) is 6.23. The quantitative estimate of drug-likeness (QED) is 0.664. The third-order valence-corrected chi connectivity index (χ3v) is 6.07. The molecule has 9 heteroatoms. The molecule has 1 N–H and O–H groups in total. The first-order valence-electron chi connectivity index (χ1n) is 8.54. The van der Waals surface area contributed by atoms with Crippen LogP contribution in [0.15, 0.2) is 53.4 Å². The maximum atomic E-state index is 12.5. The summed E-state index contributed by atoms with van der Waals surface area (Å²) in [6.07, 6.45) is 0. The summed E-state index contributed by atoms with van der Waals surface area (Å²) in [5.41, 5.74) is 1.71. The van der Waals surface area contributed by atoms with Crippen LogP contribution in [0.1, 0.15) is 21.9 Å². The molecule has 1 amide bonds. The highest BCUT2D eigenvalue weighted by Gasteiger charge is 2.18. The van der Waals surface area contributed by atoms with Crippen LogP contribution in [0.25, 0.3) is 5.82 Å². The lowest BCUT2D eigenvalue weighted by atomic mass is 10.3. The van der Waals surface area contributed by atoms with Crippen LogP contribution in [0.4, 0.5) is 0 Å². The van der Waals surface area contributed by atoms with E-state index < -0.39 is 15.7 Å². The number of carbonyl (C=O) groups is 1. The third kappa shape index (κ3) is 4.40. The molecule has 2 heterocycles. The minimum Gasteiger partial charge on any atom is -0.350 e. The number of halogens is 1. The number of pyridine rings is 1. The Morgan fingerprint density at radius 2 is 1.86 bits per heavy atom. The average Bonchev–Trinajstić information content (AvgIpc) is 3.00. The first-order chi connectivity index (χ1) is 13.3. The van der Waals surface area contributed by atoms with E-state index in [1.165, 1.54) is 12.1 Å². The zero-order chi connectivity index (χ0) is 20.3. The Hall–Kier alpha value is -2.71. The van der Waals surface area contributed by atoms with Crippen molar-refractivity contribution in [3.05, 3.63) is 70.6 Å². The first kappa shape index (κ1) is 20.0. The lowest BCUT2D eigenvalue weighted by Gasteiger charge is -2.09. The zero-order valence-electron chi connectivity index (χ0n) is 15.4. The van der Waals surface area contributed by atoms with Gasteiger partial charge in [-0.05, 0) is 44.2 Å². The van der Waals surface area contributed by atoms with Gasteiger partial charge in [-0.1, -0.05) is 29.8 Å². The lowest BCUT2D eigenvalue weighted by Crippen LogP contribution is -2.30. The fraction of sp³-hybridized carbons (Fsp3) is 0.211. The molecule has 1 aromatic carbocycles. The molecule has 0 atom stereocenters. The highest BCUT2D eigenvalue weighted by molar-refractivity contribution is 7.91. The summed E-state index contributed by atoms with van der Waals surface area (Å²) in [5, 5.41) is 7.08. The van der Waals surface area contributed by atoms with E-state index in [0.717, 1.165) is 11.4 Å². The van der Waals surface area contributed by atoms with Crippen LogP contribution < -0.4 is 5.32 Å². The summed E-state index contributed by atoms with van der Waals surface area (Å²) in [4.78, 5) is 17.0. The van der Waals surface area contributed by atoms with Crippen LogP contribution in [0, 0.1) is 13.8 Å². The van der Waals surface area contributed by atoms with Crippen molar-refractivity contribution in [2.24, 2.45) is 0 Å². The highest BCUT2D eigenvalue weighted by Crippen LogP contribution is 2.18. The topological polar surface area (TPSA) is 94.0 Å². The average molecular weight is 419 g/mol. The predicted molar refractivity (Wildman–Crippen MR) is 107 cm³/mol. The van der Waals surface area contributed by atoms with Gasteiger partial charge in [0.1, 0.15) is 5.69 Å². The summed E-state index contributed by atoms with van der Waals surface area (Å²) < 4.78 is 26.2. The number of aromatic nitrogens is 3. The molecule has 28 heavy (non-hydrogen) atoms. The number of benzene rings is 1. The van der Waals surface area contributed by atoms with E-state index >= 15 is 0 Å². The van der Waals surface area contributed by atoms with E-state index in [2.05, 4.69) is 15.4 Å². The Bertz CT molecular complexity index is 1110. The minimum absolute atomic E-state index is 0.0174. The van der Waals surface area contributed by atoms with Crippen molar-refractivity contribution < 1.29 is 13.2 Å². The normalized spacial score (nSPS) is 11.4. The highest BCUT2D eigenvalue weighted by atomic mass is 35.5. The van der Waals surface area contributed by atoms with E-state index in [1.807, 2.05) is 19.9 Å². The second-order valence-corrected chi connectivity index (χ2v) is 8.74. The Morgan fingerprint density at radius 3 is 2.50 bits per heavy atom. The molecule has 0 bridgehead atoms. The van der Waals surface area contributed by atoms with Crippen molar-refractivity contribution >= 4 is 27.3 Å². The van der Waals surface area contributed by atoms with E-state index in [0.29, 0.717) is 5.82 Å². The number of amides is 1. The number of nitrogens with one attached hydrogen (secondary N) is 1. The molecule has 3 aromatic rings. The van der Waals surface area contributed by atoms with Gasteiger partial charge in [0, 0.05) is 12.2 Å². The fourth-order valence-corrected chi connectivity index (χ4v) is 4.07. The monoisotopic (exact) mass is 418 g/mol. The van der Waals surface area contributed by atoms with Gasteiger partial charge in [0.05, 0.1) is 21.4 Å². The molecule has 0 aliphatic heterocycles. The van der Waals surface area contributed by atoms with Gasteiger partial charge in [-0.2, -0.15) is 5.10 Å². The lowest BCUT2D eigenvalue weighted by molar-refractivity contribution is 0.0951. The van der Waals surface area contributed by atoms with Crippen molar-refractivity contribution in [2.75, 3.05) is 12.3 Å². The summed E-state index contributed by atoms with van der Waals surface area (Å²) in [6.45, 7) is 3.68. The molecular formula is C19H19ClN4O3S. The summed E-state index contributed by atoms with van der Waals surface area (Å²) in [6, 6.07) is 13.2. The maximum Gasteiger partial charge on any atom is 0.271 e. The predicted octanol–water partition coefficient (Wildman–Crippen LogP) is 2.74. The number of aryl methyl sites for hydroxylation is 2. The Morgan fingerprint density at radius 1 is 1.14 bits per heavy atom. The molecule has 7 nitrogen and oxygen atoms in total. The molecule has 0 aliphatic carbocycles. The van der Waals surface area contributed by atoms with Gasteiger partial charge in [-0.25, -0.2) is 18.1 Å². The zero-order valence-corrected chi connectivity index (χ0v) is 17.0. The van der Waals surface area contributed by atoms with Gasteiger partial charge in [-0.15, -0.1) is 0 Å². The van der Waals surface area contributed by atoms with Gasteiger partial charge in [-0.3, -0.25) is 4.79 Å². The maximum absolute atomic E-state index is 12.5.